The Hall–Kier alpha value is -2.69. The molecule has 3 rings (SSSR count). The van der Waals surface area contributed by atoms with Gasteiger partial charge in [-0.1, -0.05) is 24.3 Å². The first-order valence-corrected chi connectivity index (χ1v) is 12.7. The van der Waals surface area contributed by atoms with Crippen LogP contribution in [0.2, 0.25) is 0 Å². The summed E-state index contributed by atoms with van der Waals surface area (Å²) in [5.74, 6) is 1.56. The highest BCUT2D eigenvalue weighted by Crippen LogP contribution is 2.26. The van der Waals surface area contributed by atoms with Crippen molar-refractivity contribution in [3.05, 3.63) is 78.4 Å². The number of carbonyl (C=O) groups excluding carboxylic acids is 1. The molecule has 6 heteroatoms. The first-order chi connectivity index (χ1) is 16.7. The Morgan fingerprint density at radius 2 is 1.00 bits per heavy atom. The zero-order valence-corrected chi connectivity index (χ0v) is 22.1. The van der Waals surface area contributed by atoms with Crippen LogP contribution in [-0.4, -0.2) is 28.9 Å². The highest BCUT2D eigenvalue weighted by atomic mass is 35.5. The van der Waals surface area contributed by atoms with Gasteiger partial charge in [-0.3, -0.25) is 0 Å². The van der Waals surface area contributed by atoms with E-state index in [4.69, 9.17) is 37.4 Å². The molecule has 186 valence electrons. The third-order valence-electron chi connectivity index (χ3n) is 5.33. The average Bonchev–Trinajstić information content (AvgIpc) is 2.79. The van der Waals surface area contributed by atoms with Gasteiger partial charge >= 0.3 is 5.97 Å². The highest BCUT2D eigenvalue weighted by Gasteiger charge is 2.12. The second kappa shape index (κ2) is 12.9. The molecule has 0 aromatic heterocycles. The molecule has 0 spiro atoms. The lowest BCUT2D eigenvalue weighted by atomic mass is 10.1. The Morgan fingerprint density at radius 1 is 0.629 bits per heavy atom. The summed E-state index contributed by atoms with van der Waals surface area (Å²) in [4.78, 5) is 12.5. The molecule has 0 aliphatic rings. The van der Waals surface area contributed by atoms with Gasteiger partial charge in [0.15, 0.2) is 0 Å². The van der Waals surface area contributed by atoms with Gasteiger partial charge in [-0.05, 0) is 87.4 Å². The maximum Gasteiger partial charge on any atom is 0.343 e. The number of ether oxygens (including phenoxy) is 3. The molecule has 0 fully saturated rings. The van der Waals surface area contributed by atoms with Crippen LogP contribution in [-0.2, 0) is 0 Å². The van der Waals surface area contributed by atoms with Crippen LogP contribution < -0.4 is 14.2 Å². The fourth-order valence-corrected chi connectivity index (χ4v) is 4.25. The molecule has 0 radical (unpaired) electrons. The summed E-state index contributed by atoms with van der Waals surface area (Å²) in [6, 6.07) is 22.2. The molecule has 0 aliphatic carbocycles. The first kappa shape index (κ1) is 26.9. The van der Waals surface area contributed by atoms with E-state index in [1.165, 1.54) is 0 Å². The molecule has 4 nitrogen and oxygen atoms in total. The standard InChI is InChI=1S/C29H32Cl2O4/c1-19(30)17-21(3)33-26-11-5-23(6-12-26)24-7-13-28(14-8-24)35-29(32)25-9-15-27(16-10-25)34-22(4)18-20(2)31/h5-16,19-22H,17-18H2,1-4H3/t19-,20-,21-,22-/m0/s1. The van der Waals surface area contributed by atoms with E-state index in [1.807, 2.05) is 64.1 Å². The van der Waals surface area contributed by atoms with Crippen LogP contribution in [0.5, 0.6) is 17.2 Å². The molecule has 0 saturated heterocycles. The van der Waals surface area contributed by atoms with Crippen molar-refractivity contribution < 1.29 is 19.0 Å². The molecule has 3 aromatic carbocycles. The minimum Gasteiger partial charge on any atom is -0.491 e. The lowest BCUT2D eigenvalue weighted by molar-refractivity contribution is 0.0734. The lowest BCUT2D eigenvalue weighted by Crippen LogP contribution is -2.15. The summed E-state index contributed by atoms with van der Waals surface area (Å²) in [5, 5.41) is 0.113. The Morgan fingerprint density at radius 3 is 1.40 bits per heavy atom. The minimum atomic E-state index is -0.423. The van der Waals surface area contributed by atoms with Crippen LogP contribution in [0.4, 0.5) is 0 Å². The van der Waals surface area contributed by atoms with E-state index in [0.717, 1.165) is 29.7 Å². The Balaban J connectivity index is 1.55. The molecule has 35 heavy (non-hydrogen) atoms. The van der Waals surface area contributed by atoms with E-state index in [2.05, 4.69) is 0 Å². The van der Waals surface area contributed by atoms with Crippen LogP contribution in [0.15, 0.2) is 72.8 Å². The van der Waals surface area contributed by atoms with Gasteiger partial charge in [0.05, 0.1) is 17.8 Å². The van der Waals surface area contributed by atoms with Crippen molar-refractivity contribution in [2.24, 2.45) is 0 Å². The molecule has 3 aromatic rings. The topological polar surface area (TPSA) is 44.8 Å². The minimum absolute atomic E-state index is 0.00851. The van der Waals surface area contributed by atoms with Gasteiger partial charge in [0, 0.05) is 23.6 Å². The molecule has 0 amide bonds. The summed E-state index contributed by atoms with van der Waals surface area (Å²) in [5.41, 5.74) is 2.51. The van der Waals surface area contributed by atoms with E-state index in [0.29, 0.717) is 17.1 Å². The number of hydrogen-bond acceptors (Lipinski definition) is 4. The van der Waals surface area contributed by atoms with Gasteiger partial charge in [-0.15, -0.1) is 23.2 Å². The molecule has 0 heterocycles. The number of rotatable bonds is 11. The van der Waals surface area contributed by atoms with Crippen LogP contribution in [0.1, 0.15) is 50.9 Å². The number of halogens is 2. The molecular formula is C29H32Cl2O4. The van der Waals surface area contributed by atoms with Crippen molar-refractivity contribution in [3.63, 3.8) is 0 Å². The predicted octanol–water partition coefficient (Wildman–Crippen LogP) is 8.14. The van der Waals surface area contributed by atoms with Gasteiger partial charge in [0.2, 0.25) is 0 Å². The van der Waals surface area contributed by atoms with Gasteiger partial charge in [-0.2, -0.15) is 0 Å². The zero-order chi connectivity index (χ0) is 25.4. The second-order valence-electron chi connectivity index (χ2n) is 8.85. The normalized spacial score (nSPS) is 14.5. The van der Waals surface area contributed by atoms with Crippen molar-refractivity contribution >= 4 is 29.2 Å². The van der Waals surface area contributed by atoms with Crippen LogP contribution in [0, 0.1) is 0 Å². The Labute approximate surface area is 218 Å². The van der Waals surface area contributed by atoms with Crippen LogP contribution in [0.3, 0.4) is 0 Å². The molecule has 0 saturated carbocycles. The molecular weight excluding hydrogens is 483 g/mol. The zero-order valence-electron chi connectivity index (χ0n) is 20.5. The third-order valence-corrected chi connectivity index (χ3v) is 5.69. The summed E-state index contributed by atoms with van der Waals surface area (Å²) >= 11 is 12.1. The monoisotopic (exact) mass is 514 g/mol. The molecule has 0 N–H and O–H groups in total. The third kappa shape index (κ3) is 8.79. The maximum atomic E-state index is 12.5. The molecule has 0 aliphatic heterocycles. The number of benzene rings is 3. The van der Waals surface area contributed by atoms with E-state index in [-0.39, 0.29) is 23.0 Å². The average molecular weight is 515 g/mol. The van der Waals surface area contributed by atoms with Gasteiger partial charge < -0.3 is 14.2 Å². The fraction of sp³-hybridized carbons (Fsp3) is 0.345. The summed E-state index contributed by atoms with van der Waals surface area (Å²) in [6.45, 7) is 7.88. The Bertz CT molecular complexity index is 1060. The van der Waals surface area contributed by atoms with Crippen molar-refractivity contribution in [2.75, 3.05) is 0 Å². The molecule has 4 atom stereocenters. The van der Waals surface area contributed by atoms with Gasteiger partial charge in [-0.25, -0.2) is 4.79 Å². The van der Waals surface area contributed by atoms with Gasteiger partial charge in [0.1, 0.15) is 17.2 Å². The van der Waals surface area contributed by atoms with E-state index >= 15 is 0 Å². The first-order valence-electron chi connectivity index (χ1n) is 11.8. The van der Waals surface area contributed by atoms with Crippen LogP contribution >= 0.6 is 23.2 Å². The second-order valence-corrected chi connectivity index (χ2v) is 10.3. The van der Waals surface area contributed by atoms with Crippen molar-refractivity contribution in [1.29, 1.82) is 0 Å². The van der Waals surface area contributed by atoms with E-state index in [9.17, 15) is 4.79 Å². The maximum absolute atomic E-state index is 12.5. The van der Waals surface area contributed by atoms with E-state index in [1.54, 1.807) is 36.4 Å². The number of hydrogen-bond donors (Lipinski definition) is 0. The quantitative estimate of drug-likeness (QED) is 0.147. The van der Waals surface area contributed by atoms with Crippen molar-refractivity contribution in [3.8, 4) is 28.4 Å². The highest BCUT2D eigenvalue weighted by molar-refractivity contribution is 6.20. The fourth-order valence-electron chi connectivity index (χ4n) is 3.75. The number of carbonyl (C=O) groups is 1. The summed E-state index contributed by atoms with van der Waals surface area (Å²) in [7, 11) is 0. The van der Waals surface area contributed by atoms with Gasteiger partial charge in [0.25, 0.3) is 0 Å². The van der Waals surface area contributed by atoms with E-state index < -0.39 is 5.97 Å². The van der Waals surface area contributed by atoms with Crippen LogP contribution in [0.25, 0.3) is 11.1 Å². The summed E-state index contributed by atoms with van der Waals surface area (Å²) in [6.07, 6.45) is 1.57. The molecule has 0 unspecified atom stereocenters. The lowest BCUT2D eigenvalue weighted by Gasteiger charge is -2.16. The Kier molecular flexibility index (Phi) is 9.88. The van der Waals surface area contributed by atoms with Crippen molar-refractivity contribution in [1.82, 2.24) is 0 Å². The number of esters is 1. The summed E-state index contributed by atoms with van der Waals surface area (Å²) < 4.78 is 17.3. The predicted molar refractivity (Wildman–Crippen MR) is 143 cm³/mol. The smallest absolute Gasteiger partial charge is 0.343 e. The number of alkyl halides is 2. The molecule has 0 bridgehead atoms. The SMILES string of the molecule is C[C@H](Cl)C[C@H](C)Oc1ccc(C(=O)Oc2ccc(-c3ccc(O[C@@H](C)C[C@H](C)Cl)cc3)cc2)cc1. The largest absolute Gasteiger partial charge is 0.491 e. The van der Waals surface area contributed by atoms with Crippen molar-refractivity contribution in [2.45, 2.75) is 63.5 Å².